The molecule has 7 rings (SSSR count). The van der Waals surface area contributed by atoms with E-state index in [1.807, 2.05) is 30.3 Å². The summed E-state index contributed by atoms with van der Waals surface area (Å²) in [5.74, 6) is -0.112. The minimum absolute atomic E-state index is 0.00396. The molecule has 1 aromatic heterocycles. The van der Waals surface area contributed by atoms with Gasteiger partial charge < -0.3 is 19.9 Å². The Labute approximate surface area is 311 Å². The summed E-state index contributed by atoms with van der Waals surface area (Å²) in [5, 5.41) is 12.7. The maximum absolute atomic E-state index is 12.8. The number of hydrogen-bond acceptors (Lipinski definition) is 6. The van der Waals surface area contributed by atoms with Gasteiger partial charge in [0.15, 0.2) is 6.29 Å². The van der Waals surface area contributed by atoms with Crippen LogP contribution in [0.4, 0.5) is 0 Å². The van der Waals surface area contributed by atoms with E-state index in [0.717, 1.165) is 46.5 Å². The first-order valence-electron chi connectivity index (χ1n) is 18.2. The zero-order valence-electron chi connectivity index (χ0n) is 29.9. The molecule has 6 aromatic rings. The fourth-order valence-corrected chi connectivity index (χ4v) is 7.00. The van der Waals surface area contributed by atoms with Gasteiger partial charge in [0.05, 0.1) is 24.4 Å². The second kappa shape index (κ2) is 17.4. The number of ether oxygens (including phenoxy) is 2. The second-order valence-electron chi connectivity index (χ2n) is 13.7. The lowest BCUT2D eigenvalue weighted by atomic mass is 9.89. The van der Waals surface area contributed by atoms with Crippen LogP contribution in [0.3, 0.4) is 0 Å². The summed E-state index contributed by atoms with van der Waals surface area (Å²) in [6.45, 7) is 4.89. The predicted molar refractivity (Wildman–Crippen MR) is 207 cm³/mol. The predicted octanol–water partition coefficient (Wildman–Crippen LogP) is 8.66. The van der Waals surface area contributed by atoms with Crippen molar-refractivity contribution in [2.45, 2.75) is 51.7 Å². The third-order valence-corrected chi connectivity index (χ3v) is 9.93. The Kier molecular flexibility index (Phi) is 11.8. The minimum atomic E-state index is -0.586. The molecule has 53 heavy (non-hydrogen) atoms. The molecule has 1 saturated heterocycles. The smallest absolute Gasteiger partial charge is 0.253 e. The molecule has 0 saturated carbocycles. The third-order valence-electron chi connectivity index (χ3n) is 9.93. The number of nitrogens with zero attached hydrogens (tertiary/aromatic N) is 2. The lowest BCUT2D eigenvalue weighted by molar-refractivity contribution is -0.276. The van der Waals surface area contributed by atoms with Gasteiger partial charge in [-0.3, -0.25) is 14.7 Å². The maximum atomic E-state index is 12.8. The average molecular weight is 704 g/mol. The van der Waals surface area contributed by atoms with Crippen molar-refractivity contribution in [3.8, 4) is 11.1 Å². The highest BCUT2D eigenvalue weighted by Gasteiger charge is 2.39. The number of pyridine rings is 1. The Balaban J connectivity index is 1.14. The summed E-state index contributed by atoms with van der Waals surface area (Å²) in [6.07, 6.45) is 2.29. The number of carbonyl (C=O) groups is 1. The molecule has 1 fully saturated rings. The summed E-state index contributed by atoms with van der Waals surface area (Å²) in [5.41, 5.74) is 8.99. The molecule has 2 N–H and O–H groups in total. The summed E-state index contributed by atoms with van der Waals surface area (Å²) in [7, 11) is 0. The van der Waals surface area contributed by atoms with Gasteiger partial charge in [-0.25, -0.2) is 0 Å². The van der Waals surface area contributed by atoms with Crippen molar-refractivity contribution in [3.63, 3.8) is 0 Å². The number of rotatable bonds is 13. The SMILES string of the molecule is CC1C(CN(Cc2ccccc2)Cc2ccccc2)OC(c2ccc(-c3ccccc3CNC(=O)c3cccnc3)cc2)OC1c1ccc(CO)cc1. The van der Waals surface area contributed by atoms with E-state index in [0.29, 0.717) is 18.7 Å². The number of aliphatic hydroxyl groups is 1. The van der Waals surface area contributed by atoms with Crippen LogP contribution < -0.4 is 5.32 Å². The molecule has 2 heterocycles. The van der Waals surface area contributed by atoms with E-state index in [1.54, 1.807) is 24.5 Å². The molecule has 4 atom stereocenters. The molecule has 1 amide bonds. The minimum Gasteiger partial charge on any atom is -0.392 e. The van der Waals surface area contributed by atoms with Crippen molar-refractivity contribution in [1.82, 2.24) is 15.2 Å². The molecule has 1 aliphatic heterocycles. The number of nitrogens with one attached hydrogen (secondary N) is 1. The van der Waals surface area contributed by atoms with Gasteiger partial charge in [0, 0.05) is 50.1 Å². The van der Waals surface area contributed by atoms with Crippen molar-refractivity contribution in [2.75, 3.05) is 6.54 Å². The van der Waals surface area contributed by atoms with Crippen LogP contribution in [0.15, 0.2) is 158 Å². The summed E-state index contributed by atoms with van der Waals surface area (Å²) in [4.78, 5) is 19.3. The largest absolute Gasteiger partial charge is 0.392 e. The molecular weight excluding hydrogens is 659 g/mol. The molecule has 0 radical (unpaired) electrons. The number of hydrogen-bond donors (Lipinski definition) is 2. The molecule has 268 valence electrons. The summed E-state index contributed by atoms with van der Waals surface area (Å²) >= 11 is 0. The highest BCUT2D eigenvalue weighted by atomic mass is 16.7. The van der Waals surface area contributed by atoms with E-state index in [1.165, 1.54) is 11.1 Å². The molecular formula is C46H45N3O4. The van der Waals surface area contributed by atoms with Gasteiger partial charge in [-0.15, -0.1) is 0 Å². The van der Waals surface area contributed by atoms with E-state index >= 15 is 0 Å². The van der Waals surface area contributed by atoms with Crippen LogP contribution in [0.1, 0.15) is 63.1 Å². The normalized spacial score (nSPS) is 18.5. The van der Waals surface area contributed by atoms with Gasteiger partial charge in [-0.05, 0) is 51.1 Å². The molecule has 0 bridgehead atoms. The van der Waals surface area contributed by atoms with Crippen LogP contribution in [-0.4, -0.2) is 33.5 Å². The Morgan fingerprint density at radius 3 is 2.00 bits per heavy atom. The molecule has 1 aliphatic rings. The zero-order chi connectivity index (χ0) is 36.4. The number of aromatic nitrogens is 1. The first-order valence-corrected chi connectivity index (χ1v) is 18.2. The standard InChI is InChI=1S/C46H45N3O4/c1-33-43(31-49(29-34-11-4-2-5-12-34)30-35-13-6-3-7-14-35)52-46(53-44(33)38-20-18-36(32-50)19-21-38)39-24-22-37(23-25-39)42-17-9-8-15-40(42)28-48-45(51)41-16-10-26-47-27-41/h2-27,33,43-44,46,50H,28-32H2,1H3,(H,48,51). The number of benzene rings is 5. The van der Waals surface area contributed by atoms with Gasteiger partial charge in [-0.1, -0.05) is 140 Å². The van der Waals surface area contributed by atoms with Crippen molar-refractivity contribution in [1.29, 1.82) is 0 Å². The van der Waals surface area contributed by atoms with E-state index in [-0.39, 0.29) is 30.6 Å². The van der Waals surface area contributed by atoms with Crippen molar-refractivity contribution < 1.29 is 19.4 Å². The van der Waals surface area contributed by atoms with Gasteiger partial charge in [0.2, 0.25) is 0 Å². The molecule has 0 spiro atoms. The molecule has 7 heteroatoms. The van der Waals surface area contributed by atoms with E-state index < -0.39 is 6.29 Å². The van der Waals surface area contributed by atoms with Gasteiger partial charge >= 0.3 is 0 Å². The third kappa shape index (κ3) is 9.14. The van der Waals surface area contributed by atoms with Crippen LogP contribution >= 0.6 is 0 Å². The van der Waals surface area contributed by atoms with Crippen molar-refractivity contribution in [2.24, 2.45) is 5.92 Å². The monoisotopic (exact) mass is 703 g/mol. The Morgan fingerprint density at radius 2 is 1.36 bits per heavy atom. The van der Waals surface area contributed by atoms with Crippen molar-refractivity contribution in [3.05, 3.63) is 197 Å². The average Bonchev–Trinajstić information content (AvgIpc) is 3.22. The number of carbonyl (C=O) groups excluding carboxylic acids is 1. The first-order chi connectivity index (χ1) is 26.0. The fraction of sp³-hybridized carbons (Fsp3) is 0.217. The van der Waals surface area contributed by atoms with Crippen LogP contribution in [0.25, 0.3) is 11.1 Å². The first kappa shape index (κ1) is 35.9. The molecule has 4 unspecified atom stereocenters. The Hall–Kier alpha value is -5.44. The lowest BCUT2D eigenvalue weighted by Gasteiger charge is -2.43. The molecule has 5 aromatic carbocycles. The Bertz CT molecular complexity index is 2000. The summed E-state index contributed by atoms with van der Waals surface area (Å²) < 4.78 is 13.7. The number of amides is 1. The summed E-state index contributed by atoms with van der Waals surface area (Å²) in [6, 6.07) is 49.2. The van der Waals surface area contributed by atoms with Gasteiger partial charge in [0.25, 0.3) is 5.91 Å². The quantitative estimate of drug-likeness (QED) is 0.125. The highest BCUT2D eigenvalue weighted by Crippen LogP contribution is 2.42. The van der Waals surface area contributed by atoms with E-state index in [9.17, 15) is 9.90 Å². The molecule has 7 nitrogen and oxygen atoms in total. The van der Waals surface area contributed by atoms with Crippen LogP contribution in [0.2, 0.25) is 0 Å². The van der Waals surface area contributed by atoms with Crippen LogP contribution in [-0.2, 0) is 35.7 Å². The fourth-order valence-electron chi connectivity index (χ4n) is 7.00. The number of aliphatic hydroxyl groups excluding tert-OH is 1. The Morgan fingerprint density at radius 1 is 0.717 bits per heavy atom. The van der Waals surface area contributed by atoms with Crippen LogP contribution in [0, 0.1) is 5.92 Å². The van der Waals surface area contributed by atoms with Crippen molar-refractivity contribution >= 4 is 5.91 Å². The topological polar surface area (TPSA) is 83.9 Å². The van der Waals surface area contributed by atoms with Gasteiger partial charge in [-0.2, -0.15) is 0 Å². The lowest BCUT2D eigenvalue weighted by Crippen LogP contribution is -2.44. The van der Waals surface area contributed by atoms with Crippen LogP contribution in [0.5, 0.6) is 0 Å². The van der Waals surface area contributed by atoms with E-state index in [2.05, 4.69) is 125 Å². The van der Waals surface area contributed by atoms with E-state index in [4.69, 9.17) is 9.47 Å². The maximum Gasteiger partial charge on any atom is 0.253 e. The van der Waals surface area contributed by atoms with Gasteiger partial charge in [0.1, 0.15) is 0 Å². The highest BCUT2D eigenvalue weighted by molar-refractivity contribution is 5.93. The zero-order valence-corrected chi connectivity index (χ0v) is 29.9. The second-order valence-corrected chi connectivity index (χ2v) is 13.7. The molecule has 0 aliphatic carbocycles.